The molecule has 0 aliphatic carbocycles. The Morgan fingerprint density at radius 3 is 3.00 bits per heavy atom. The van der Waals surface area contributed by atoms with Crippen LogP contribution in [0.2, 0.25) is 0 Å². The van der Waals surface area contributed by atoms with E-state index < -0.39 is 0 Å². The molecule has 3 rings (SSSR count). The molecule has 2 aromatic rings. The van der Waals surface area contributed by atoms with Crippen molar-refractivity contribution in [2.75, 3.05) is 31.6 Å². The van der Waals surface area contributed by atoms with Crippen LogP contribution in [0.5, 0.6) is 0 Å². The van der Waals surface area contributed by atoms with E-state index in [-0.39, 0.29) is 6.10 Å². The molecule has 1 N–H and O–H groups in total. The molecule has 1 aliphatic rings. The molecule has 6 heteroatoms. The molecule has 112 valence electrons. The van der Waals surface area contributed by atoms with Crippen molar-refractivity contribution in [3.05, 3.63) is 40.8 Å². The maximum absolute atomic E-state index is 5.65. The Kier molecular flexibility index (Phi) is 4.80. The van der Waals surface area contributed by atoms with Crippen molar-refractivity contribution in [3.8, 4) is 0 Å². The van der Waals surface area contributed by atoms with Gasteiger partial charge in [-0.05, 0) is 24.4 Å². The van der Waals surface area contributed by atoms with Gasteiger partial charge in [-0.15, -0.1) is 11.3 Å². The number of morpholine rings is 1. The predicted molar refractivity (Wildman–Crippen MR) is 84.6 cm³/mol. The van der Waals surface area contributed by atoms with Crippen LogP contribution in [0.25, 0.3) is 0 Å². The van der Waals surface area contributed by atoms with E-state index >= 15 is 0 Å². The first-order chi connectivity index (χ1) is 10.3. The Bertz CT molecular complexity index is 534. The summed E-state index contributed by atoms with van der Waals surface area (Å²) in [5.74, 6) is 0.681. The third kappa shape index (κ3) is 3.78. The maximum Gasteiger partial charge on any atom is 0.222 e. The van der Waals surface area contributed by atoms with E-state index in [9.17, 15) is 0 Å². The summed E-state index contributed by atoms with van der Waals surface area (Å²) in [5, 5.41) is 5.48. The van der Waals surface area contributed by atoms with Gasteiger partial charge in [-0.1, -0.05) is 6.07 Å². The number of nitrogens with zero attached hydrogens (tertiary/aromatic N) is 3. The van der Waals surface area contributed by atoms with Crippen LogP contribution in [0.1, 0.15) is 17.8 Å². The lowest BCUT2D eigenvalue weighted by Crippen LogP contribution is -2.44. The lowest BCUT2D eigenvalue weighted by atomic mass is 10.1. The van der Waals surface area contributed by atoms with E-state index in [1.165, 1.54) is 4.88 Å². The SMILES string of the molecule is C[C@H]1CN([C@H](CNc2ncccn2)c2cccs2)CCO1. The first kappa shape index (κ1) is 14.4. The van der Waals surface area contributed by atoms with E-state index in [2.05, 4.69) is 44.6 Å². The lowest BCUT2D eigenvalue weighted by Gasteiger charge is -2.37. The van der Waals surface area contributed by atoms with Gasteiger partial charge in [0.15, 0.2) is 0 Å². The summed E-state index contributed by atoms with van der Waals surface area (Å²) >= 11 is 1.80. The zero-order valence-corrected chi connectivity index (χ0v) is 12.9. The van der Waals surface area contributed by atoms with Gasteiger partial charge < -0.3 is 10.1 Å². The van der Waals surface area contributed by atoms with E-state index in [4.69, 9.17) is 4.74 Å². The average molecular weight is 304 g/mol. The highest BCUT2D eigenvalue weighted by molar-refractivity contribution is 7.10. The van der Waals surface area contributed by atoms with Gasteiger partial charge >= 0.3 is 0 Å². The molecule has 1 saturated heterocycles. The number of hydrogen-bond donors (Lipinski definition) is 1. The number of ether oxygens (including phenoxy) is 1. The summed E-state index contributed by atoms with van der Waals surface area (Å²) in [7, 11) is 0. The summed E-state index contributed by atoms with van der Waals surface area (Å²) in [6.07, 6.45) is 3.80. The first-order valence-electron chi connectivity index (χ1n) is 7.23. The molecule has 0 spiro atoms. The molecule has 0 unspecified atom stereocenters. The van der Waals surface area contributed by atoms with Crippen molar-refractivity contribution in [2.45, 2.75) is 19.1 Å². The number of rotatable bonds is 5. The highest BCUT2D eigenvalue weighted by Gasteiger charge is 2.26. The summed E-state index contributed by atoms with van der Waals surface area (Å²) < 4.78 is 5.65. The second-order valence-electron chi connectivity index (χ2n) is 5.16. The fourth-order valence-electron chi connectivity index (χ4n) is 2.60. The summed E-state index contributed by atoms with van der Waals surface area (Å²) in [6, 6.07) is 6.46. The molecule has 1 aliphatic heterocycles. The summed E-state index contributed by atoms with van der Waals surface area (Å²) in [5.41, 5.74) is 0. The molecule has 2 aromatic heterocycles. The fourth-order valence-corrected chi connectivity index (χ4v) is 3.46. The Morgan fingerprint density at radius 1 is 1.43 bits per heavy atom. The van der Waals surface area contributed by atoms with E-state index in [0.717, 1.165) is 26.2 Å². The topological polar surface area (TPSA) is 50.3 Å². The number of hydrogen-bond acceptors (Lipinski definition) is 6. The second-order valence-corrected chi connectivity index (χ2v) is 6.14. The minimum absolute atomic E-state index is 0.286. The molecule has 0 amide bonds. The first-order valence-corrected chi connectivity index (χ1v) is 8.11. The molecule has 0 saturated carbocycles. The van der Waals surface area contributed by atoms with E-state index in [1.54, 1.807) is 23.7 Å². The van der Waals surface area contributed by atoms with Crippen LogP contribution in [0, 0.1) is 0 Å². The monoisotopic (exact) mass is 304 g/mol. The fraction of sp³-hybridized carbons (Fsp3) is 0.467. The maximum atomic E-state index is 5.65. The molecular formula is C15H20N4OS. The molecule has 2 atom stereocenters. The van der Waals surface area contributed by atoms with Crippen LogP contribution >= 0.6 is 11.3 Å². The molecular weight excluding hydrogens is 284 g/mol. The number of anilines is 1. The van der Waals surface area contributed by atoms with Gasteiger partial charge in [0.05, 0.1) is 18.8 Å². The lowest BCUT2D eigenvalue weighted by molar-refractivity contribution is -0.0322. The zero-order valence-electron chi connectivity index (χ0n) is 12.1. The standard InChI is InChI=1S/C15H20N4OS/c1-12-11-19(7-8-20-12)13(14-4-2-9-21-14)10-18-15-16-5-3-6-17-15/h2-6,9,12-13H,7-8,10-11H2,1H3,(H,16,17,18)/t12-,13+/m0/s1. The molecule has 0 bridgehead atoms. The highest BCUT2D eigenvalue weighted by Crippen LogP contribution is 2.27. The average Bonchev–Trinajstić information content (AvgIpc) is 3.03. The predicted octanol–water partition coefficient (Wildman–Crippen LogP) is 2.41. The van der Waals surface area contributed by atoms with Gasteiger partial charge in [-0.3, -0.25) is 4.90 Å². The van der Waals surface area contributed by atoms with E-state index in [1.807, 2.05) is 6.07 Å². The van der Waals surface area contributed by atoms with Gasteiger partial charge in [-0.25, -0.2) is 9.97 Å². The number of nitrogens with one attached hydrogen (secondary N) is 1. The van der Waals surface area contributed by atoms with Gasteiger partial charge in [0, 0.05) is 36.9 Å². The molecule has 0 aromatic carbocycles. The van der Waals surface area contributed by atoms with Crippen LogP contribution in [-0.4, -0.2) is 47.2 Å². The molecule has 21 heavy (non-hydrogen) atoms. The van der Waals surface area contributed by atoms with Gasteiger partial charge in [0.1, 0.15) is 0 Å². The third-order valence-electron chi connectivity index (χ3n) is 3.60. The van der Waals surface area contributed by atoms with Crippen molar-refractivity contribution in [3.63, 3.8) is 0 Å². The van der Waals surface area contributed by atoms with Crippen LogP contribution in [-0.2, 0) is 4.74 Å². The Hall–Kier alpha value is -1.50. The molecule has 5 nitrogen and oxygen atoms in total. The van der Waals surface area contributed by atoms with Crippen LogP contribution in [0.3, 0.4) is 0 Å². The van der Waals surface area contributed by atoms with Crippen molar-refractivity contribution >= 4 is 17.3 Å². The minimum Gasteiger partial charge on any atom is -0.376 e. The van der Waals surface area contributed by atoms with Crippen molar-refractivity contribution in [1.82, 2.24) is 14.9 Å². The molecule has 1 fully saturated rings. The van der Waals surface area contributed by atoms with E-state index in [0.29, 0.717) is 12.0 Å². The second kappa shape index (κ2) is 6.98. The highest BCUT2D eigenvalue weighted by atomic mass is 32.1. The van der Waals surface area contributed by atoms with Crippen molar-refractivity contribution in [2.24, 2.45) is 0 Å². The number of thiophene rings is 1. The number of aromatic nitrogens is 2. The Labute approximate surface area is 129 Å². The van der Waals surface area contributed by atoms with Crippen molar-refractivity contribution in [1.29, 1.82) is 0 Å². The smallest absolute Gasteiger partial charge is 0.222 e. The summed E-state index contributed by atoms with van der Waals surface area (Å²) in [4.78, 5) is 12.3. The normalized spacial score (nSPS) is 21.1. The van der Waals surface area contributed by atoms with Gasteiger partial charge in [0.2, 0.25) is 5.95 Å². The summed E-state index contributed by atoms with van der Waals surface area (Å²) in [6.45, 7) is 5.65. The van der Waals surface area contributed by atoms with Crippen LogP contribution < -0.4 is 5.32 Å². The Balaban J connectivity index is 1.70. The van der Waals surface area contributed by atoms with Crippen LogP contribution in [0.4, 0.5) is 5.95 Å². The Morgan fingerprint density at radius 2 is 2.29 bits per heavy atom. The van der Waals surface area contributed by atoms with Gasteiger partial charge in [-0.2, -0.15) is 0 Å². The third-order valence-corrected chi connectivity index (χ3v) is 4.58. The molecule has 0 radical (unpaired) electrons. The molecule has 3 heterocycles. The van der Waals surface area contributed by atoms with Crippen molar-refractivity contribution < 1.29 is 4.74 Å². The minimum atomic E-state index is 0.286. The quantitative estimate of drug-likeness (QED) is 0.919. The zero-order chi connectivity index (χ0) is 14.5. The largest absolute Gasteiger partial charge is 0.376 e. The van der Waals surface area contributed by atoms with Crippen LogP contribution in [0.15, 0.2) is 36.0 Å². The van der Waals surface area contributed by atoms with Gasteiger partial charge in [0.25, 0.3) is 0 Å².